The van der Waals surface area contributed by atoms with Gasteiger partial charge in [-0.15, -0.1) is 0 Å². The topological polar surface area (TPSA) is 72.2 Å². The quantitative estimate of drug-likeness (QED) is 0.782. The van der Waals surface area contributed by atoms with Crippen LogP contribution in [-0.2, 0) is 12.0 Å². The Bertz CT molecular complexity index is 1020. The van der Waals surface area contributed by atoms with Gasteiger partial charge in [-0.05, 0) is 30.5 Å². The number of nitrogens with zero attached hydrogens (tertiary/aromatic N) is 2. The molecule has 1 fully saturated rings. The molecule has 0 unspecified atom stereocenters. The molecule has 0 atom stereocenters. The van der Waals surface area contributed by atoms with E-state index in [0.29, 0.717) is 12.1 Å². The number of aromatic nitrogens is 2. The Morgan fingerprint density at radius 1 is 1.12 bits per heavy atom. The van der Waals surface area contributed by atoms with Crippen molar-refractivity contribution >= 4 is 17.0 Å². The monoisotopic (exact) mass is 348 g/mol. The van der Waals surface area contributed by atoms with Gasteiger partial charge in [0.25, 0.3) is 0 Å². The van der Waals surface area contributed by atoms with Crippen molar-refractivity contribution < 1.29 is 9.90 Å². The van der Waals surface area contributed by atoms with Crippen molar-refractivity contribution in [1.29, 1.82) is 0 Å². The zero-order valence-electron chi connectivity index (χ0n) is 14.4. The van der Waals surface area contributed by atoms with E-state index in [1.165, 1.54) is 18.0 Å². The summed E-state index contributed by atoms with van der Waals surface area (Å²) in [7, 11) is 0. The number of hydrogen-bond acceptors (Lipinski definition) is 3. The van der Waals surface area contributed by atoms with E-state index in [9.17, 15) is 14.7 Å². The van der Waals surface area contributed by atoms with Gasteiger partial charge in [-0.2, -0.15) is 0 Å². The van der Waals surface area contributed by atoms with E-state index in [-0.39, 0.29) is 16.5 Å². The van der Waals surface area contributed by atoms with Gasteiger partial charge in [0.05, 0.1) is 5.52 Å². The van der Waals surface area contributed by atoms with Crippen molar-refractivity contribution in [2.45, 2.75) is 37.6 Å². The fraction of sp³-hybridized carbons (Fsp3) is 0.286. The van der Waals surface area contributed by atoms with Crippen molar-refractivity contribution in [2.75, 3.05) is 0 Å². The first kappa shape index (κ1) is 16.5. The first-order valence-corrected chi connectivity index (χ1v) is 8.88. The molecule has 2 aromatic heterocycles. The van der Waals surface area contributed by atoms with E-state index < -0.39 is 11.4 Å². The Morgan fingerprint density at radius 3 is 2.54 bits per heavy atom. The summed E-state index contributed by atoms with van der Waals surface area (Å²) < 4.78 is 1.91. The van der Waals surface area contributed by atoms with Crippen molar-refractivity contribution in [3.05, 3.63) is 76.2 Å². The normalized spacial score (nSPS) is 16.0. The molecule has 1 aromatic carbocycles. The minimum absolute atomic E-state index is 0.0468. The maximum atomic E-state index is 12.5. The van der Waals surface area contributed by atoms with Crippen LogP contribution in [0.3, 0.4) is 0 Å². The molecule has 132 valence electrons. The lowest BCUT2D eigenvalue weighted by Gasteiger charge is -2.31. The van der Waals surface area contributed by atoms with E-state index in [1.54, 1.807) is 6.07 Å². The highest BCUT2D eigenvalue weighted by atomic mass is 16.4. The predicted octanol–water partition coefficient (Wildman–Crippen LogP) is 3.61. The van der Waals surface area contributed by atoms with E-state index in [1.807, 2.05) is 28.8 Å². The van der Waals surface area contributed by atoms with E-state index in [0.717, 1.165) is 25.7 Å². The molecule has 0 aliphatic heterocycles. The van der Waals surface area contributed by atoms with Crippen molar-refractivity contribution in [2.24, 2.45) is 0 Å². The van der Waals surface area contributed by atoms with Crippen LogP contribution in [0.25, 0.3) is 11.0 Å². The lowest BCUT2D eigenvalue weighted by Crippen LogP contribution is -2.30. The van der Waals surface area contributed by atoms with Gasteiger partial charge in [-0.1, -0.05) is 43.2 Å². The molecule has 5 heteroatoms. The van der Waals surface area contributed by atoms with E-state index >= 15 is 0 Å². The fourth-order valence-electron chi connectivity index (χ4n) is 4.21. The number of carbonyl (C=O) groups is 1. The highest BCUT2D eigenvalue weighted by Gasteiger charge is 2.36. The van der Waals surface area contributed by atoms with Crippen LogP contribution >= 0.6 is 0 Å². The molecule has 3 aromatic rings. The second-order valence-electron chi connectivity index (χ2n) is 7.03. The van der Waals surface area contributed by atoms with Crippen LogP contribution in [0.4, 0.5) is 0 Å². The van der Waals surface area contributed by atoms with Crippen LogP contribution in [0.15, 0.2) is 59.7 Å². The molecule has 1 aliphatic carbocycles. The Balaban J connectivity index is 1.90. The highest BCUT2D eigenvalue weighted by molar-refractivity contribution is 5.91. The molecular formula is C21H20N2O3. The summed E-state index contributed by atoms with van der Waals surface area (Å²) in [6.45, 7) is 0.639. The molecule has 1 aliphatic rings. The fourth-order valence-corrected chi connectivity index (χ4v) is 4.21. The van der Waals surface area contributed by atoms with Gasteiger partial charge in [0.1, 0.15) is 11.1 Å². The van der Waals surface area contributed by atoms with Crippen molar-refractivity contribution in [1.82, 2.24) is 9.55 Å². The first-order valence-electron chi connectivity index (χ1n) is 8.88. The van der Waals surface area contributed by atoms with Crippen LogP contribution < -0.4 is 5.43 Å². The van der Waals surface area contributed by atoms with Gasteiger partial charge in [0.15, 0.2) is 0 Å². The maximum Gasteiger partial charge on any atom is 0.341 e. The first-order chi connectivity index (χ1) is 12.6. The number of rotatable bonds is 4. The summed E-state index contributed by atoms with van der Waals surface area (Å²) >= 11 is 0. The molecule has 1 saturated carbocycles. The number of benzene rings is 1. The van der Waals surface area contributed by atoms with Gasteiger partial charge in [0, 0.05) is 24.4 Å². The van der Waals surface area contributed by atoms with E-state index in [2.05, 4.69) is 17.1 Å². The third-order valence-corrected chi connectivity index (χ3v) is 5.49. The summed E-state index contributed by atoms with van der Waals surface area (Å²) in [5, 5.41) is 9.45. The molecule has 0 bridgehead atoms. The number of carboxylic acids is 1. The number of pyridine rings is 2. The number of fused-ring (bicyclic) bond motifs is 1. The number of aromatic carboxylic acids is 1. The van der Waals surface area contributed by atoms with Crippen LogP contribution in [0.5, 0.6) is 0 Å². The van der Waals surface area contributed by atoms with Crippen LogP contribution in [0.1, 0.15) is 41.6 Å². The van der Waals surface area contributed by atoms with Gasteiger partial charge in [-0.25, -0.2) is 4.79 Å². The minimum Gasteiger partial charge on any atom is -0.477 e. The van der Waals surface area contributed by atoms with Crippen LogP contribution in [-0.4, -0.2) is 20.6 Å². The Hall–Kier alpha value is -2.95. The Morgan fingerprint density at radius 2 is 1.85 bits per heavy atom. The molecule has 2 heterocycles. The van der Waals surface area contributed by atoms with E-state index in [4.69, 9.17) is 0 Å². The van der Waals surface area contributed by atoms with Crippen molar-refractivity contribution in [3.8, 4) is 0 Å². The van der Waals surface area contributed by atoms with Crippen molar-refractivity contribution in [3.63, 3.8) is 0 Å². The van der Waals surface area contributed by atoms with Gasteiger partial charge in [0.2, 0.25) is 5.43 Å². The molecule has 0 radical (unpaired) electrons. The summed E-state index contributed by atoms with van der Waals surface area (Å²) in [5.74, 6) is -1.21. The standard InChI is InChI=1S/C21H20N2O3/c24-19-16(20(25)26)13-23(17-9-6-12-22-18(17)19)14-21(10-4-5-11-21)15-7-2-1-3-8-15/h1-3,6-9,12-13H,4-5,10-11,14H2,(H,25,26). The Labute approximate surface area is 150 Å². The molecule has 0 saturated heterocycles. The van der Waals surface area contributed by atoms with Crippen LogP contribution in [0.2, 0.25) is 0 Å². The minimum atomic E-state index is -1.21. The maximum absolute atomic E-state index is 12.5. The summed E-state index contributed by atoms with van der Waals surface area (Å²) in [4.78, 5) is 28.2. The molecular weight excluding hydrogens is 328 g/mol. The molecule has 1 N–H and O–H groups in total. The van der Waals surface area contributed by atoms with Gasteiger partial charge < -0.3 is 9.67 Å². The van der Waals surface area contributed by atoms with Crippen LogP contribution in [0, 0.1) is 0 Å². The molecule has 0 amide bonds. The molecule has 0 spiro atoms. The average molecular weight is 348 g/mol. The lowest BCUT2D eigenvalue weighted by atomic mass is 9.78. The lowest BCUT2D eigenvalue weighted by molar-refractivity contribution is 0.0694. The molecule has 5 nitrogen and oxygen atoms in total. The second-order valence-corrected chi connectivity index (χ2v) is 7.03. The smallest absolute Gasteiger partial charge is 0.341 e. The summed E-state index contributed by atoms with van der Waals surface area (Å²) in [6.07, 6.45) is 7.41. The SMILES string of the molecule is O=C(O)c1cn(CC2(c3ccccc3)CCCC2)c2cccnc2c1=O. The van der Waals surface area contributed by atoms with Gasteiger partial charge in [-0.3, -0.25) is 9.78 Å². The zero-order valence-corrected chi connectivity index (χ0v) is 14.4. The average Bonchev–Trinajstić information content (AvgIpc) is 3.14. The number of carboxylic acid groups (broad SMARTS) is 1. The largest absolute Gasteiger partial charge is 0.477 e. The predicted molar refractivity (Wildman–Crippen MR) is 99.6 cm³/mol. The zero-order chi connectivity index (χ0) is 18.1. The summed E-state index contributed by atoms with van der Waals surface area (Å²) in [6, 6.07) is 14.0. The van der Waals surface area contributed by atoms with Gasteiger partial charge >= 0.3 is 5.97 Å². The second kappa shape index (κ2) is 6.41. The molecule has 26 heavy (non-hydrogen) atoms. The Kier molecular flexibility index (Phi) is 4.07. The summed E-state index contributed by atoms with van der Waals surface area (Å²) in [5.41, 5.74) is 1.37. The highest BCUT2D eigenvalue weighted by Crippen LogP contribution is 2.42. The molecule has 4 rings (SSSR count). The number of hydrogen-bond donors (Lipinski definition) is 1. The third-order valence-electron chi connectivity index (χ3n) is 5.49. The third kappa shape index (κ3) is 2.69.